The number of phenols is 2. The normalized spacial score (nSPS) is 11.9. The molecule has 0 saturated heterocycles. The fraction of sp³-hybridized carbons (Fsp3) is 0.471. The summed E-state index contributed by atoms with van der Waals surface area (Å²) in [5.41, 5.74) is 0.860. The highest BCUT2D eigenvalue weighted by Crippen LogP contribution is 2.31. The van der Waals surface area contributed by atoms with E-state index < -0.39 is 5.97 Å². The van der Waals surface area contributed by atoms with E-state index >= 15 is 0 Å². The fourth-order valence-corrected chi connectivity index (χ4v) is 2.20. The highest BCUT2D eigenvalue weighted by Gasteiger charge is 2.15. The maximum atomic E-state index is 11.2. The molecule has 0 spiro atoms. The summed E-state index contributed by atoms with van der Waals surface area (Å²) in [6.45, 7) is 5.78. The van der Waals surface area contributed by atoms with Crippen molar-refractivity contribution in [3.8, 4) is 11.5 Å². The lowest BCUT2D eigenvalue weighted by atomic mass is 9.93. The van der Waals surface area contributed by atoms with Crippen molar-refractivity contribution in [2.24, 2.45) is 0 Å². The number of aromatic hydroxyl groups is 2. The van der Waals surface area contributed by atoms with Crippen LogP contribution in [0.4, 0.5) is 0 Å². The number of rotatable bonds is 9. The van der Waals surface area contributed by atoms with Crippen LogP contribution >= 0.6 is 0 Å². The van der Waals surface area contributed by atoms with Crippen molar-refractivity contribution >= 4 is 5.97 Å². The first-order valence-corrected chi connectivity index (χ1v) is 7.39. The van der Waals surface area contributed by atoms with Crippen LogP contribution in [-0.4, -0.2) is 22.8 Å². The molecule has 0 fully saturated rings. The van der Waals surface area contributed by atoms with Crippen LogP contribution in [0.2, 0.25) is 0 Å². The van der Waals surface area contributed by atoms with E-state index in [1.54, 1.807) is 6.07 Å². The highest BCUT2D eigenvalue weighted by molar-refractivity contribution is 5.81. The van der Waals surface area contributed by atoms with Gasteiger partial charge in [0.2, 0.25) is 0 Å². The first-order valence-electron chi connectivity index (χ1n) is 7.39. The highest BCUT2D eigenvalue weighted by atomic mass is 16.5. The van der Waals surface area contributed by atoms with Gasteiger partial charge in [-0.2, -0.15) is 0 Å². The molecule has 21 heavy (non-hydrogen) atoms. The first-order chi connectivity index (χ1) is 10.1. The average Bonchev–Trinajstić information content (AvgIpc) is 2.49. The molecule has 0 saturated carbocycles. The molecule has 2 N–H and O–H groups in total. The predicted molar refractivity (Wildman–Crippen MR) is 82.4 cm³/mol. The minimum absolute atomic E-state index is 0.0113. The molecule has 1 aromatic rings. The van der Waals surface area contributed by atoms with E-state index in [0.717, 1.165) is 37.3 Å². The molecule has 1 rings (SSSR count). The number of carbonyl (C=O) groups is 1. The zero-order chi connectivity index (χ0) is 15.7. The van der Waals surface area contributed by atoms with Gasteiger partial charge in [-0.1, -0.05) is 45.3 Å². The van der Waals surface area contributed by atoms with Gasteiger partial charge in [0.1, 0.15) is 0 Å². The Hall–Kier alpha value is -1.97. The summed E-state index contributed by atoms with van der Waals surface area (Å²) in [5, 5.41) is 19.0. The van der Waals surface area contributed by atoms with Gasteiger partial charge in [-0.05, 0) is 24.1 Å². The van der Waals surface area contributed by atoms with Gasteiger partial charge in [-0.15, -0.1) is 0 Å². The maximum absolute atomic E-state index is 11.2. The third-order valence-electron chi connectivity index (χ3n) is 3.47. The van der Waals surface area contributed by atoms with Gasteiger partial charge in [-0.25, -0.2) is 4.79 Å². The average molecular weight is 292 g/mol. The standard InChI is InChI=1S/C17H24O4/c1-3-5-6-7-8-14(12-21-17(20)4-2)13-9-10-15(18)16(19)11-13/h4,9-11,14,18-19H,2-3,5-8,12H2,1H3. The molecule has 0 aliphatic carbocycles. The van der Waals surface area contributed by atoms with E-state index in [1.807, 2.05) is 0 Å². The summed E-state index contributed by atoms with van der Waals surface area (Å²) in [4.78, 5) is 11.2. The third-order valence-corrected chi connectivity index (χ3v) is 3.47. The number of unbranched alkanes of at least 4 members (excludes halogenated alkanes) is 3. The summed E-state index contributed by atoms with van der Waals surface area (Å²) < 4.78 is 5.13. The second-order valence-electron chi connectivity index (χ2n) is 5.13. The smallest absolute Gasteiger partial charge is 0.330 e. The number of esters is 1. The summed E-state index contributed by atoms with van der Waals surface area (Å²) in [7, 11) is 0. The SMILES string of the molecule is C=CC(=O)OCC(CCCCCC)c1ccc(O)c(O)c1. The van der Waals surface area contributed by atoms with E-state index in [4.69, 9.17) is 4.74 Å². The summed E-state index contributed by atoms with van der Waals surface area (Å²) in [5.74, 6) is -0.735. The lowest BCUT2D eigenvalue weighted by Gasteiger charge is -2.17. The number of benzene rings is 1. The second-order valence-corrected chi connectivity index (χ2v) is 5.13. The number of hydrogen-bond acceptors (Lipinski definition) is 4. The molecular weight excluding hydrogens is 268 g/mol. The van der Waals surface area contributed by atoms with Crippen molar-refractivity contribution in [2.75, 3.05) is 6.61 Å². The number of ether oxygens (including phenoxy) is 1. The first kappa shape index (κ1) is 17.1. The van der Waals surface area contributed by atoms with Crippen molar-refractivity contribution in [3.05, 3.63) is 36.4 Å². The molecular formula is C17H24O4. The largest absolute Gasteiger partial charge is 0.504 e. The molecule has 0 aromatic heterocycles. The van der Waals surface area contributed by atoms with Crippen molar-refractivity contribution in [1.29, 1.82) is 0 Å². The lowest BCUT2D eigenvalue weighted by molar-refractivity contribution is -0.138. The van der Waals surface area contributed by atoms with Crippen LogP contribution in [0.3, 0.4) is 0 Å². The molecule has 0 amide bonds. The molecule has 1 unspecified atom stereocenters. The minimum Gasteiger partial charge on any atom is -0.504 e. The Morgan fingerprint density at radius 1 is 1.29 bits per heavy atom. The van der Waals surface area contributed by atoms with Gasteiger partial charge in [0.25, 0.3) is 0 Å². The molecule has 0 heterocycles. The Labute approximate surface area is 126 Å². The monoisotopic (exact) mass is 292 g/mol. The maximum Gasteiger partial charge on any atom is 0.330 e. The number of hydrogen-bond donors (Lipinski definition) is 2. The molecule has 0 aliphatic heterocycles. The van der Waals surface area contributed by atoms with E-state index in [0.29, 0.717) is 0 Å². The number of phenolic OH excluding ortho intramolecular Hbond substituents is 2. The Bertz CT molecular complexity index is 468. The van der Waals surface area contributed by atoms with Crippen LogP contribution < -0.4 is 0 Å². The van der Waals surface area contributed by atoms with Crippen LogP contribution in [0.5, 0.6) is 11.5 Å². The second kappa shape index (κ2) is 9.06. The fourth-order valence-electron chi connectivity index (χ4n) is 2.20. The van der Waals surface area contributed by atoms with Crippen molar-refractivity contribution in [2.45, 2.75) is 44.9 Å². The van der Waals surface area contributed by atoms with E-state index in [1.165, 1.54) is 18.6 Å². The Morgan fingerprint density at radius 3 is 2.67 bits per heavy atom. The molecule has 1 aromatic carbocycles. The van der Waals surface area contributed by atoms with Gasteiger partial charge >= 0.3 is 5.97 Å². The predicted octanol–water partition coefficient (Wildman–Crippen LogP) is 3.88. The molecule has 1 atom stereocenters. The van der Waals surface area contributed by atoms with Gasteiger partial charge < -0.3 is 14.9 Å². The zero-order valence-corrected chi connectivity index (χ0v) is 12.5. The van der Waals surface area contributed by atoms with Crippen LogP contribution in [0.15, 0.2) is 30.9 Å². The Kier molecular flexibility index (Phi) is 7.37. The van der Waals surface area contributed by atoms with Gasteiger partial charge in [0, 0.05) is 12.0 Å². The van der Waals surface area contributed by atoms with Crippen molar-refractivity contribution in [1.82, 2.24) is 0 Å². The Morgan fingerprint density at radius 2 is 2.05 bits per heavy atom. The van der Waals surface area contributed by atoms with Gasteiger partial charge in [0.05, 0.1) is 6.61 Å². The van der Waals surface area contributed by atoms with Gasteiger partial charge in [-0.3, -0.25) is 0 Å². The molecule has 4 nitrogen and oxygen atoms in total. The lowest BCUT2D eigenvalue weighted by Crippen LogP contribution is -2.11. The van der Waals surface area contributed by atoms with Crippen LogP contribution in [0, 0.1) is 0 Å². The molecule has 0 radical (unpaired) electrons. The van der Waals surface area contributed by atoms with Gasteiger partial charge in [0.15, 0.2) is 11.5 Å². The van der Waals surface area contributed by atoms with Crippen molar-refractivity contribution < 1.29 is 19.7 Å². The van der Waals surface area contributed by atoms with E-state index in [9.17, 15) is 15.0 Å². The summed E-state index contributed by atoms with van der Waals surface area (Å²) in [6.07, 6.45) is 6.52. The van der Waals surface area contributed by atoms with Crippen LogP contribution in [-0.2, 0) is 9.53 Å². The van der Waals surface area contributed by atoms with E-state index in [2.05, 4.69) is 13.5 Å². The zero-order valence-electron chi connectivity index (χ0n) is 12.5. The molecule has 116 valence electrons. The Balaban J connectivity index is 2.71. The van der Waals surface area contributed by atoms with Crippen molar-refractivity contribution in [3.63, 3.8) is 0 Å². The van der Waals surface area contributed by atoms with E-state index in [-0.39, 0.29) is 24.0 Å². The minimum atomic E-state index is -0.448. The quantitative estimate of drug-likeness (QED) is 0.314. The molecule has 4 heteroatoms. The summed E-state index contributed by atoms with van der Waals surface area (Å²) in [6, 6.07) is 4.74. The number of carbonyl (C=O) groups excluding carboxylic acids is 1. The molecule has 0 aliphatic rings. The molecule has 0 bridgehead atoms. The van der Waals surface area contributed by atoms with Crippen LogP contribution in [0.1, 0.15) is 50.5 Å². The van der Waals surface area contributed by atoms with Crippen LogP contribution in [0.25, 0.3) is 0 Å². The third kappa shape index (κ3) is 5.90. The topological polar surface area (TPSA) is 66.8 Å². The summed E-state index contributed by atoms with van der Waals surface area (Å²) >= 11 is 0.